The maximum atomic E-state index is 12.1. The number of esters is 1. The van der Waals surface area contributed by atoms with Crippen molar-refractivity contribution in [2.24, 2.45) is 4.99 Å². The summed E-state index contributed by atoms with van der Waals surface area (Å²) >= 11 is 6.06. The minimum absolute atomic E-state index is 0.0686. The molecule has 1 heterocycles. The molecule has 1 aliphatic rings. The Kier molecular flexibility index (Phi) is 4.99. The Morgan fingerprint density at radius 3 is 2.65 bits per heavy atom. The fourth-order valence-corrected chi connectivity index (χ4v) is 2.50. The lowest BCUT2D eigenvalue weighted by Gasteiger charge is -2.02. The van der Waals surface area contributed by atoms with Gasteiger partial charge in [-0.05, 0) is 36.8 Å². The summed E-state index contributed by atoms with van der Waals surface area (Å²) < 4.78 is 10.5. The summed E-state index contributed by atoms with van der Waals surface area (Å²) in [5.41, 5.74) is 0.818. The van der Waals surface area contributed by atoms with Crippen molar-refractivity contribution in [1.29, 1.82) is 0 Å². The predicted octanol–water partition coefficient (Wildman–Crippen LogP) is 3.99. The Bertz CT molecular complexity index is 935. The lowest BCUT2D eigenvalue weighted by atomic mass is 10.2. The number of carbonyl (C=O) groups is 1. The molecule has 0 saturated heterocycles. The second kappa shape index (κ2) is 7.37. The van der Waals surface area contributed by atoms with Crippen LogP contribution in [0.2, 0.25) is 5.02 Å². The van der Waals surface area contributed by atoms with Crippen LogP contribution >= 0.6 is 11.6 Å². The maximum Gasteiger partial charge on any atom is 0.363 e. The van der Waals surface area contributed by atoms with Gasteiger partial charge in [0.15, 0.2) is 5.70 Å². The van der Waals surface area contributed by atoms with Crippen LogP contribution in [0.15, 0.2) is 53.2 Å². The van der Waals surface area contributed by atoms with Gasteiger partial charge >= 0.3 is 5.97 Å². The third-order valence-electron chi connectivity index (χ3n) is 3.51. The number of cyclic esters (lactones) is 1. The minimum Gasteiger partial charge on any atom is -0.494 e. The van der Waals surface area contributed by atoms with E-state index < -0.39 is 10.9 Å². The Labute approximate surface area is 153 Å². The average molecular weight is 373 g/mol. The molecule has 0 fully saturated rings. The van der Waals surface area contributed by atoms with Crippen molar-refractivity contribution < 1.29 is 19.2 Å². The first-order valence-electron chi connectivity index (χ1n) is 7.67. The van der Waals surface area contributed by atoms with E-state index in [0.717, 1.165) is 11.3 Å². The fourth-order valence-electron chi connectivity index (χ4n) is 2.30. The molecule has 0 N–H and O–H groups in total. The summed E-state index contributed by atoms with van der Waals surface area (Å²) in [7, 11) is 0. The molecule has 0 bridgehead atoms. The van der Waals surface area contributed by atoms with Crippen LogP contribution in [0.1, 0.15) is 18.1 Å². The lowest BCUT2D eigenvalue weighted by molar-refractivity contribution is -0.384. The van der Waals surface area contributed by atoms with Gasteiger partial charge in [0, 0.05) is 12.1 Å². The number of benzene rings is 2. The van der Waals surface area contributed by atoms with Gasteiger partial charge < -0.3 is 9.47 Å². The molecule has 0 aliphatic carbocycles. The van der Waals surface area contributed by atoms with Crippen molar-refractivity contribution in [2.75, 3.05) is 6.61 Å². The molecule has 0 amide bonds. The van der Waals surface area contributed by atoms with Gasteiger partial charge in [-0.2, -0.15) is 0 Å². The van der Waals surface area contributed by atoms with Gasteiger partial charge in [0.1, 0.15) is 5.75 Å². The van der Waals surface area contributed by atoms with Gasteiger partial charge in [-0.3, -0.25) is 10.1 Å². The molecule has 0 atom stereocenters. The van der Waals surface area contributed by atoms with Crippen molar-refractivity contribution in [1.82, 2.24) is 0 Å². The standard InChI is InChI=1S/C18H13ClN2O5/c1-2-25-13-6-3-11(4-7-13)9-16-18(22)26-17(20-16)14-10-12(21(23)24)5-8-15(14)19/h3-10H,2H2,1H3/b16-9+. The van der Waals surface area contributed by atoms with Gasteiger partial charge in [-0.25, -0.2) is 9.79 Å². The van der Waals surface area contributed by atoms with E-state index in [1.807, 2.05) is 6.92 Å². The first-order valence-corrected chi connectivity index (χ1v) is 8.05. The highest BCUT2D eigenvalue weighted by Crippen LogP contribution is 2.27. The minimum atomic E-state index is -0.656. The molecule has 0 saturated carbocycles. The molecule has 2 aromatic rings. The van der Waals surface area contributed by atoms with Gasteiger partial charge in [-0.15, -0.1) is 0 Å². The molecule has 2 aromatic carbocycles. The normalized spacial score (nSPS) is 14.9. The molecule has 3 rings (SSSR count). The van der Waals surface area contributed by atoms with Crippen molar-refractivity contribution in [3.05, 3.63) is 74.4 Å². The molecule has 0 unspecified atom stereocenters. The van der Waals surface area contributed by atoms with Crippen molar-refractivity contribution in [2.45, 2.75) is 6.92 Å². The van der Waals surface area contributed by atoms with Gasteiger partial charge in [-0.1, -0.05) is 23.7 Å². The summed E-state index contributed by atoms with van der Waals surface area (Å²) in [5, 5.41) is 11.1. The highest BCUT2D eigenvalue weighted by atomic mass is 35.5. The number of halogens is 1. The van der Waals surface area contributed by atoms with Crippen LogP contribution in [0.3, 0.4) is 0 Å². The number of rotatable bonds is 5. The second-order valence-corrected chi connectivity index (χ2v) is 5.67. The van der Waals surface area contributed by atoms with Crippen molar-refractivity contribution in [3.63, 3.8) is 0 Å². The molecule has 0 spiro atoms. The third-order valence-corrected chi connectivity index (χ3v) is 3.84. The third kappa shape index (κ3) is 3.73. The summed E-state index contributed by atoms with van der Waals surface area (Å²) in [4.78, 5) is 26.5. The number of non-ortho nitro benzene ring substituents is 1. The summed E-state index contributed by atoms with van der Waals surface area (Å²) in [5.74, 6) is -0.00596. The van der Waals surface area contributed by atoms with E-state index >= 15 is 0 Å². The first-order chi connectivity index (χ1) is 12.5. The Morgan fingerprint density at radius 2 is 2.00 bits per heavy atom. The zero-order chi connectivity index (χ0) is 18.7. The monoisotopic (exact) mass is 372 g/mol. The Morgan fingerprint density at radius 1 is 1.27 bits per heavy atom. The molecule has 8 heteroatoms. The van der Waals surface area contributed by atoms with E-state index in [1.165, 1.54) is 18.2 Å². The second-order valence-electron chi connectivity index (χ2n) is 5.26. The van der Waals surface area contributed by atoms with Crippen molar-refractivity contribution >= 4 is 35.2 Å². The molecule has 7 nitrogen and oxygen atoms in total. The summed E-state index contributed by atoms with van der Waals surface area (Å²) in [6.07, 6.45) is 1.55. The molecule has 132 valence electrons. The molecule has 0 radical (unpaired) electrons. The van der Waals surface area contributed by atoms with E-state index in [1.54, 1.807) is 30.3 Å². The zero-order valence-electron chi connectivity index (χ0n) is 13.6. The Balaban J connectivity index is 1.91. The SMILES string of the molecule is CCOc1ccc(/C=C2/N=C(c3cc([N+](=O)[O-])ccc3Cl)OC2=O)cc1. The van der Waals surface area contributed by atoms with Gasteiger partial charge in [0.05, 0.1) is 22.1 Å². The zero-order valence-corrected chi connectivity index (χ0v) is 14.4. The highest BCUT2D eigenvalue weighted by Gasteiger charge is 2.27. The van der Waals surface area contributed by atoms with Crippen LogP contribution in [0.5, 0.6) is 5.75 Å². The molecule has 26 heavy (non-hydrogen) atoms. The van der Waals surface area contributed by atoms with Crippen LogP contribution < -0.4 is 4.74 Å². The van der Waals surface area contributed by atoms with E-state index in [-0.39, 0.29) is 27.9 Å². The van der Waals surface area contributed by atoms with Crippen LogP contribution in [-0.4, -0.2) is 23.4 Å². The largest absolute Gasteiger partial charge is 0.494 e. The first kappa shape index (κ1) is 17.6. The average Bonchev–Trinajstić information content (AvgIpc) is 2.97. The quantitative estimate of drug-likeness (QED) is 0.342. The smallest absolute Gasteiger partial charge is 0.363 e. The summed E-state index contributed by atoms with van der Waals surface area (Å²) in [6, 6.07) is 10.9. The summed E-state index contributed by atoms with van der Waals surface area (Å²) in [6.45, 7) is 2.45. The van der Waals surface area contributed by atoms with E-state index in [2.05, 4.69) is 4.99 Å². The number of nitrogens with zero attached hydrogens (tertiary/aromatic N) is 2. The van der Waals surface area contributed by atoms with E-state index in [0.29, 0.717) is 6.61 Å². The van der Waals surface area contributed by atoms with Crippen LogP contribution in [0.4, 0.5) is 5.69 Å². The lowest BCUT2D eigenvalue weighted by Crippen LogP contribution is -2.06. The molecular formula is C18H13ClN2O5. The molecule has 1 aliphatic heterocycles. The van der Waals surface area contributed by atoms with Gasteiger partial charge in [0.25, 0.3) is 5.69 Å². The molecular weight excluding hydrogens is 360 g/mol. The number of nitro benzene ring substituents is 1. The Hall–Kier alpha value is -3.19. The van der Waals surface area contributed by atoms with Crippen LogP contribution in [0, 0.1) is 10.1 Å². The number of hydrogen-bond donors (Lipinski definition) is 0. The number of ether oxygens (including phenoxy) is 2. The highest BCUT2D eigenvalue weighted by molar-refractivity contribution is 6.34. The number of aliphatic imine (C=N–C) groups is 1. The maximum absolute atomic E-state index is 12.1. The number of nitro groups is 1. The van der Waals surface area contributed by atoms with E-state index in [9.17, 15) is 14.9 Å². The van der Waals surface area contributed by atoms with Crippen LogP contribution in [0.25, 0.3) is 6.08 Å². The van der Waals surface area contributed by atoms with Crippen LogP contribution in [-0.2, 0) is 9.53 Å². The number of carbonyl (C=O) groups excluding carboxylic acids is 1. The number of hydrogen-bond acceptors (Lipinski definition) is 6. The van der Waals surface area contributed by atoms with Crippen molar-refractivity contribution in [3.8, 4) is 5.75 Å². The fraction of sp³-hybridized carbons (Fsp3) is 0.111. The topological polar surface area (TPSA) is 91.0 Å². The molecule has 0 aromatic heterocycles. The van der Waals surface area contributed by atoms with E-state index in [4.69, 9.17) is 21.1 Å². The predicted molar refractivity (Wildman–Crippen MR) is 96.3 cm³/mol. The van der Waals surface area contributed by atoms with Gasteiger partial charge in [0.2, 0.25) is 5.90 Å².